The number of methoxy groups -OCH3 is 1. The Hall–Kier alpha value is -3.92. The van der Waals surface area contributed by atoms with Crippen LogP contribution < -0.4 is 10.2 Å². The van der Waals surface area contributed by atoms with Gasteiger partial charge in [-0.2, -0.15) is 0 Å². The molecule has 0 bridgehead atoms. The molecule has 0 saturated heterocycles. The predicted molar refractivity (Wildman–Crippen MR) is 123 cm³/mol. The third-order valence-corrected chi connectivity index (χ3v) is 6.10. The topological polar surface area (TPSA) is 81.0 Å². The van der Waals surface area contributed by atoms with Crippen molar-refractivity contribution in [1.82, 2.24) is 25.0 Å². The van der Waals surface area contributed by atoms with Gasteiger partial charge in [0.1, 0.15) is 29.1 Å². The Morgan fingerprint density at radius 1 is 1.03 bits per heavy atom. The summed E-state index contributed by atoms with van der Waals surface area (Å²) in [5.74, 6) is -2.31. The molecule has 4 heterocycles. The van der Waals surface area contributed by atoms with Gasteiger partial charge in [-0.05, 0) is 43.3 Å². The second kappa shape index (κ2) is 8.14. The highest BCUT2D eigenvalue weighted by Crippen LogP contribution is 2.48. The lowest BCUT2D eigenvalue weighted by atomic mass is 10.0. The van der Waals surface area contributed by atoms with Gasteiger partial charge < -0.3 is 15.0 Å². The second-order valence-electron chi connectivity index (χ2n) is 8.20. The number of halogens is 2. The molecule has 1 aromatic carbocycles. The lowest BCUT2D eigenvalue weighted by Gasteiger charge is -2.40. The van der Waals surface area contributed by atoms with E-state index in [1.54, 1.807) is 16.5 Å². The summed E-state index contributed by atoms with van der Waals surface area (Å²) in [6.07, 6.45) is 2.95. The molecular formula is C24H23F2N7O. The number of benzene rings is 1. The molecular weight excluding hydrogens is 440 g/mol. The molecule has 0 saturated carbocycles. The van der Waals surface area contributed by atoms with Crippen LogP contribution in [0.5, 0.6) is 0 Å². The van der Waals surface area contributed by atoms with Gasteiger partial charge in [-0.3, -0.25) is 9.97 Å². The van der Waals surface area contributed by atoms with Gasteiger partial charge in [0.2, 0.25) is 5.85 Å². The van der Waals surface area contributed by atoms with Crippen LogP contribution in [0, 0.1) is 18.6 Å². The van der Waals surface area contributed by atoms with Crippen molar-refractivity contribution in [2.75, 3.05) is 17.3 Å². The van der Waals surface area contributed by atoms with Crippen LogP contribution in [0.3, 0.4) is 0 Å². The van der Waals surface area contributed by atoms with Gasteiger partial charge >= 0.3 is 0 Å². The van der Waals surface area contributed by atoms with Crippen LogP contribution in [-0.4, -0.2) is 37.9 Å². The van der Waals surface area contributed by atoms with E-state index in [-0.39, 0.29) is 11.4 Å². The number of hydrogen-bond donors (Lipinski definition) is 1. The predicted octanol–water partition coefficient (Wildman–Crippen LogP) is 4.20. The Morgan fingerprint density at radius 2 is 1.68 bits per heavy atom. The molecule has 1 N–H and O–H groups in total. The smallest absolute Gasteiger partial charge is 0.216 e. The van der Waals surface area contributed by atoms with Crippen molar-refractivity contribution in [2.45, 2.75) is 25.7 Å². The number of anilines is 2. The fourth-order valence-electron chi connectivity index (χ4n) is 4.49. The zero-order chi connectivity index (χ0) is 24.0. The summed E-state index contributed by atoms with van der Waals surface area (Å²) in [7, 11) is 3.34. The van der Waals surface area contributed by atoms with Crippen molar-refractivity contribution in [3.8, 4) is 11.3 Å². The normalized spacial score (nSPS) is 17.2. The Labute approximate surface area is 195 Å². The maximum absolute atomic E-state index is 15.1. The van der Waals surface area contributed by atoms with Crippen LogP contribution in [0.15, 0.2) is 54.9 Å². The van der Waals surface area contributed by atoms with Gasteiger partial charge in [0.15, 0.2) is 0 Å². The summed E-state index contributed by atoms with van der Waals surface area (Å²) >= 11 is 0. The molecule has 4 aromatic rings. The molecule has 1 unspecified atom stereocenters. The number of pyridine rings is 2. The van der Waals surface area contributed by atoms with Crippen LogP contribution in [0.25, 0.3) is 11.3 Å². The van der Waals surface area contributed by atoms with Crippen LogP contribution in [0.1, 0.15) is 30.0 Å². The average Bonchev–Trinajstić information content (AvgIpc) is 3.32. The molecule has 1 aliphatic heterocycles. The summed E-state index contributed by atoms with van der Waals surface area (Å²) in [5.41, 5.74) is 3.90. The number of aryl methyl sites for hydroxylation is 2. The van der Waals surface area contributed by atoms with Crippen molar-refractivity contribution >= 4 is 11.4 Å². The molecule has 3 aromatic heterocycles. The van der Waals surface area contributed by atoms with Crippen molar-refractivity contribution in [3.05, 3.63) is 83.6 Å². The molecule has 8 nitrogen and oxygen atoms in total. The monoisotopic (exact) mass is 463 g/mol. The largest absolute Gasteiger partial charge is 0.342 e. The van der Waals surface area contributed by atoms with E-state index in [1.165, 1.54) is 43.8 Å². The van der Waals surface area contributed by atoms with Crippen molar-refractivity contribution < 1.29 is 13.5 Å². The van der Waals surface area contributed by atoms with Crippen LogP contribution >= 0.6 is 0 Å². The number of rotatable bonds is 5. The second-order valence-corrected chi connectivity index (χ2v) is 8.20. The highest BCUT2D eigenvalue weighted by atomic mass is 19.1. The van der Waals surface area contributed by atoms with E-state index in [9.17, 15) is 0 Å². The minimum Gasteiger partial charge on any atom is -0.342 e. The third kappa shape index (κ3) is 3.38. The number of nitrogens with zero attached hydrogens (tertiary/aromatic N) is 6. The third-order valence-electron chi connectivity index (χ3n) is 6.10. The lowest BCUT2D eigenvalue weighted by molar-refractivity contribution is 0.0276. The SMILES string of the molecule is COC1(C)Nc2ccc(-c3c(C)nnn3C)cc2N1C(c1ncccc1F)c1ncccc1F. The fourth-order valence-corrected chi connectivity index (χ4v) is 4.49. The highest BCUT2D eigenvalue weighted by molar-refractivity contribution is 5.83. The number of nitrogens with one attached hydrogen (secondary N) is 1. The van der Waals surface area contributed by atoms with Gasteiger partial charge in [0.25, 0.3) is 0 Å². The first-order valence-corrected chi connectivity index (χ1v) is 10.7. The molecule has 34 heavy (non-hydrogen) atoms. The van der Waals surface area contributed by atoms with Gasteiger partial charge in [0.05, 0.1) is 22.8 Å². The molecule has 174 valence electrons. The lowest BCUT2D eigenvalue weighted by Crippen LogP contribution is -2.52. The summed E-state index contributed by atoms with van der Waals surface area (Å²) < 4.78 is 37.8. The minimum absolute atomic E-state index is 0.0295. The van der Waals surface area contributed by atoms with E-state index in [4.69, 9.17) is 4.74 Å². The van der Waals surface area contributed by atoms with Crippen LogP contribution in [-0.2, 0) is 11.8 Å². The Bertz CT molecular complexity index is 1310. The zero-order valence-corrected chi connectivity index (χ0v) is 19.1. The summed E-state index contributed by atoms with van der Waals surface area (Å²) in [6.45, 7) is 3.67. The van der Waals surface area contributed by atoms with Gasteiger partial charge in [-0.1, -0.05) is 11.3 Å². The summed E-state index contributed by atoms with van der Waals surface area (Å²) in [6, 6.07) is 10.3. The molecule has 0 spiro atoms. The Balaban J connectivity index is 1.77. The van der Waals surface area contributed by atoms with E-state index in [2.05, 4.69) is 25.6 Å². The number of ether oxygens (including phenoxy) is 1. The molecule has 1 aliphatic rings. The van der Waals surface area contributed by atoms with Crippen molar-refractivity contribution in [2.24, 2.45) is 7.05 Å². The highest BCUT2D eigenvalue weighted by Gasteiger charge is 2.47. The van der Waals surface area contributed by atoms with E-state index >= 15 is 8.78 Å². The standard InChI is InChI=1S/C24H23F2N7O/c1-14-22(32(3)31-30-14)15-9-10-18-19(13-15)33(24(2,29-18)34-4)23(20-16(25)7-5-11-27-20)21-17(26)8-6-12-28-21/h5-13,23,29H,1-4H3. The molecule has 0 amide bonds. The molecule has 0 aliphatic carbocycles. The number of fused-ring (bicyclic) bond motifs is 1. The van der Waals surface area contributed by atoms with Crippen molar-refractivity contribution in [1.29, 1.82) is 0 Å². The van der Waals surface area contributed by atoms with Gasteiger partial charge in [-0.25, -0.2) is 13.5 Å². The van der Waals surface area contributed by atoms with E-state index < -0.39 is 23.5 Å². The van der Waals surface area contributed by atoms with Gasteiger partial charge in [0, 0.05) is 39.0 Å². The molecule has 0 radical (unpaired) electrons. The molecule has 0 fully saturated rings. The summed E-state index contributed by atoms with van der Waals surface area (Å²) in [4.78, 5) is 10.3. The average molecular weight is 463 g/mol. The summed E-state index contributed by atoms with van der Waals surface area (Å²) in [5, 5.41) is 11.6. The number of hydrogen-bond acceptors (Lipinski definition) is 7. The van der Waals surface area contributed by atoms with Gasteiger partial charge in [-0.15, -0.1) is 5.10 Å². The first-order valence-electron chi connectivity index (χ1n) is 10.7. The Morgan fingerprint density at radius 3 is 2.21 bits per heavy atom. The maximum Gasteiger partial charge on any atom is 0.216 e. The molecule has 5 rings (SSSR count). The Kier molecular flexibility index (Phi) is 5.24. The van der Waals surface area contributed by atoms with Crippen molar-refractivity contribution in [3.63, 3.8) is 0 Å². The quantitative estimate of drug-likeness (QED) is 0.475. The fraction of sp³-hybridized carbons (Fsp3) is 0.250. The first-order chi connectivity index (χ1) is 16.3. The van der Waals surface area contributed by atoms with E-state index in [0.717, 1.165) is 22.6 Å². The number of aromatic nitrogens is 5. The minimum atomic E-state index is -1.15. The maximum atomic E-state index is 15.1. The first kappa shape index (κ1) is 21.9. The van der Waals surface area contributed by atoms with Crippen LogP contribution in [0.4, 0.5) is 20.2 Å². The zero-order valence-electron chi connectivity index (χ0n) is 19.1. The van der Waals surface area contributed by atoms with E-state index in [1.807, 2.05) is 32.2 Å². The van der Waals surface area contributed by atoms with Crippen LogP contribution in [0.2, 0.25) is 0 Å². The molecule has 1 atom stereocenters. The van der Waals surface area contributed by atoms with E-state index in [0.29, 0.717) is 5.69 Å². The molecule has 10 heteroatoms.